The molecule has 0 bridgehead atoms. The summed E-state index contributed by atoms with van der Waals surface area (Å²) in [5.41, 5.74) is 0.196. The summed E-state index contributed by atoms with van der Waals surface area (Å²) in [6.45, 7) is 14.3. The molecule has 0 heterocycles. The van der Waals surface area contributed by atoms with Gasteiger partial charge in [0.1, 0.15) is 0 Å². The zero-order valence-corrected chi connectivity index (χ0v) is 6.20. The van der Waals surface area contributed by atoms with Gasteiger partial charge < -0.3 is 0 Å². The minimum Gasteiger partial charge on any atom is -0.0620 e. The number of hydrogen-bond acceptors (Lipinski definition) is 0. The minimum atomic E-state index is 0.196. The summed E-state index contributed by atoms with van der Waals surface area (Å²) in [7, 11) is 0. The first-order chi connectivity index (χ1) is 3.48. The molecule has 0 aromatic carbocycles. The molecule has 0 aliphatic rings. The van der Waals surface area contributed by atoms with Crippen LogP contribution in [0.25, 0.3) is 0 Å². The molecule has 0 N–H and O–H groups in total. The van der Waals surface area contributed by atoms with Crippen molar-refractivity contribution in [2.24, 2.45) is 11.3 Å². The third kappa shape index (κ3) is 2.34. The van der Waals surface area contributed by atoms with Crippen molar-refractivity contribution in [2.45, 2.75) is 27.2 Å². The van der Waals surface area contributed by atoms with E-state index >= 15 is 0 Å². The van der Waals surface area contributed by atoms with Crippen LogP contribution in [-0.4, -0.2) is 0 Å². The summed E-state index contributed by atoms with van der Waals surface area (Å²) in [6, 6.07) is 0. The van der Waals surface area contributed by atoms with Crippen LogP contribution in [0, 0.1) is 25.2 Å². The first kappa shape index (κ1) is 8.00. The fourth-order valence-electron chi connectivity index (χ4n) is 0.391. The average Bonchev–Trinajstić information content (AvgIpc) is 1.62. The molecule has 0 saturated carbocycles. The summed E-state index contributed by atoms with van der Waals surface area (Å²) in [4.78, 5) is 0. The Hall–Kier alpha value is 0. The van der Waals surface area contributed by atoms with Crippen LogP contribution >= 0.6 is 0 Å². The number of hydrogen-bond donors (Lipinski definition) is 0. The van der Waals surface area contributed by atoms with Gasteiger partial charge in [-0.3, -0.25) is 0 Å². The van der Waals surface area contributed by atoms with E-state index in [4.69, 9.17) is 0 Å². The molecular formula is C8H16. The van der Waals surface area contributed by atoms with Crippen LogP contribution < -0.4 is 0 Å². The van der Waals surface area contributed by atoms with Crippen LogP contribution in [0.4, 0.5) is 0 Å². The van der Waals surface area contributed by atoms with Crippen LogP contribution in [0.1, 0.15) is 27.2 Å². The molecule has 0 spiro atoms. The molecule has 8 heavy (non-hydrogen) atoms. The fraction of sp³-hybridized carbons (Fsp3) is 0.750. The molecule has 0 amide bonds. The zero-order valence-electron chi connectivity index (χ0n) is 6.20. The van der Waals surface area contributed by atoms with E-state index in [2.05, 4.69) is 34.6 Å². The lowest BCUT2D eigenvalue weighted by atomic mass is 9.81. The summed E-state index contributed by atoms with van der Waals surface area (Å²) in [5, 5.41) is 0. The van der Waals surface area contributed by atoms with Gasteiger partial charge in [0.15, 0.2) is 0 Å². The van der Waals surface area contributed by atoms with Crippen molar-refractivity contribution in [3.05, 3.63) is 13.8 Å². The first-order valence-corrected chi connectivity index (χ1v) is 3.13. The largest absolute Gasteiger partial charge is 0.0620 e. The Labute approximate surface area is 53.3 Å². The molecule has 0 aromatic heterocycles. The first-order valence-electron chi connectivity index (χ1n) is 3.13. The molecule has 48 valence electrons. The Kier molecular flexibility index (Phi) is 2.52. The van der Waals surface area contributed by atoms with Crippen molar-refractivity contribution in [3.63, 3.8) is 0 Å². The lowest BCUT2D eigenvalue weighted by Crippen LogP contribution is -2.16. The van der Waals surface area contributed by atoms with E-state index in [1.807, 2.05) is 0 Å². The lowest BCUT2D eigenvalue weighted by Gasteiger charge is -2.25. The monoisotopic (exact) mass is 112 g/mol. The van der Waals surface area contributed by atoms with Crippen LogP contribution in [0.15, 0.2) is 0 Å². The van der Waals surface area contributed by atoms with Gasteiger partial charge in [-0.05, 0) is 18.3 Å². The van der Waals surface area contributed by atoms with Gasteiger partial charge in [0.2, 0.25) is 0 Å². The van der Waals surface area contributed by atoms with E-state index in [1.54, 1.807) is 0 Å². The maximum absolute atomic E-state index is 4.00. The smallest absolute Gasteiger partial charge is 0.0328 e. The van der Waals surface area contributed by atoms with Gasteiger partial charge in [-0.15, -0.1) is 0 Å². The Bertz CT molecular complexity index is 56.9. The zero-order chi connectivity index (χ0) is 6.78. The fourth-order valence-corrected chi connectivity index (χ4v) is 0.391. The maximum atomic E-state index is 4.00. The topological polar surface area (TPSA) is 0 Å². The normalized spacial score (nSPS) is 16.1. The van der Waals surface area contributed by atoms with Crippen LogP contribution in [0.5, 0.6) is 0 Å². The van der Waals surface area contributed by atoms with Gasteiger partial charge in [-0.25, -0.2) is 0 Å². The molecule has 0 aliphatic carbocycles. The molecule has 0 saturated heterocycles. The highest BCUT2D eigenvalue weighted by Gasteiger charge is 2.17. The molecule has 2 radical (unpaired) electrons. The third-order valence-electron chi connectivity index (χ3n) is 1.77. The Morgan fingerprint density at radius 1 is 1.50 bits per heavy atom. The van der Waals surface area contributed by atoms with E-state index in [-0.39, 0.29) is 5.41 Å². The molecule has 0 aliphatic heterocycles. The average molecular weight is 112 g/mol. The molecule has 0 rings (SSSR count). The van der Waals surface area contributed by atoms with Crippen molar-refractivity contribution in [2.75, 3.05) is 0 Å². The quantitative estimate of drug-likeness (QED) is 0.515. The predicted octanol–water partition coefficient (Wildman–Crippen LogP) is 2.71. The van der Waals surface area contributed by atoms with Crippen LogP contribution in [-0.2, 0) is 0 Å². The van der Waals surface area contributed by atoms with E-state index in [9.17, 15) is 0 Å². The van der Waals surface area contributed by atoms with Crippen molar-refractivity contribution in [1.82, 2.24) is 0 Å². The molecule has 1 atom stereocenters. The van der Waals surface area contributed by atoms with E-state index in [0.29, 0.717) is 5.92 Å². The summed E-state index contributed by atoms with van der Waals surface area (Å²) >= 11 is 0. The van der Waals surface area contributed by atoms with Gasteiger partial charge in [-0.1, -0.05) is 34.1 Å². The van der Waals surface area contributed by atoms with Gasteiger partial charge in [0.25, 0.3) is 0 Å². The second-order valence-corrected chi connectivity index (χ2v) is 3.18. The lowest BCUT2D eigenvalue weighted by molar-refractivity contribution is 0.305. The highest BCUT2D eigenvalue weighted by Crippen LogP contribution is 2.26. The van der Waals surface area contributed by atoms with Gasteiger partial charge in [-0.2, -0.15) is 0 Å². The van der Waals surface area contributed by atoms with Crippen LogP contribution in [0.3, 0.4) is 0 Å². The van der Waals surface area contributed by atoms with Gasteiger partial charge >= 0.3 is 0 Å². The standard InChI is InChI=1S/C8H16/c1-6-7(2)8(3,4)5/h7H,1,3,6H2,2,4-5H3. The minimum absolute atomic E-state index is 0.196. The van der Waals surface area contributed by atoms with Crippen molar-refractivity contribution in [1.29, 1.82) is 0 Å². The molecular weight excluding hydrogens is 96.1 g/mol. The van der Waals surface area contributed by atoms with Crippen LogP contribution in [0.2, 0.25) is 0 Å². The van der Waals surface area contributed by atoms with Crippen molar-refractivity contribution < 1.29 is 0 Å². The Balaban J connectivity index is 3.62. The van der Waals surface area contributed by atoms with E-state index < -0.39 is 0 Å². The summed E-state index contributed by atoms with van der Waals surface area (Å²) < 4.78 is 0. The number of rotatable bonds is 2. The SMILES string of the molecule is [CH2]CC(C)C([CH2])(C)C. The van der Waals surface area contributed by atoms with Gasteiger partial charge in [0.05, 0.1) is 0 Å². The van der Waals surface area contributed by atoms with Crippen molar-refractivity contribution in [3.8, 4) is 0 Å². The third-order valence-corrected chi connectivity index (χ3v) is 1.77. The van der Waals surface area contributed by atoms with E-state index in [1.165, 1.54) is 0 Å². The van der Waals surface area contributed by atoms with E-state index in [0.717, 1.165) is 6.42 Å². The summed E-state index contributed by atoms with van der Waals surface area (Å²) in [6.07, 6.45) is 0.983. The van der Waals surface area contributed by atoms with Crippen molar-refractivity contribution >= 4 is 0 Å². The molecule has 0 nitrogen and oxygen atoms in total. The van der Waals surface area contributed by atoms with Gasteiger partial charge in [0, 0.05) is 0 Å². The molecule has 0 aromatic rings. The Morgan fingerprint density at radius 3 is 1.88 bits per heavy atom. The molecule has 0 fully saturated rings. The highest BCUT2D eigenvalue weighted by atomic mass is 14.2. The summed E-state index contributed by atoms with van der Waals surface area (Å²) in [5.74, 6) is 0.627. The Morgan fingerprint density at radius 2 is 1.88 bits per heavy atom. The second kappa shape index (κ2) is 2.52. The highest BCUT2D eigenvalue weighted by molar-refractivity contribution is 4.77. The predicted molar refractivity (Wildman–Crippen MR) is 38.3 cm³/mol. The maximum Gasteiger partial charge on any atom is -0.0328 e. The second-order valence-electron chi connectivity index (χ2n) is 3.18. The molecule has 1 unspecified atom stereocenters. The molecule has 0 heteroatoms.